The summed E-state index contributed by atoms with van der Waals surface area (Å²) >= 11 is 13.3. The van der Waals surface area contributed by atoms with Crippen molar-refractivity contribution in [2.24, 2.45) is 7.05 Å². The second-order valence-electron chi connectivity index (χ2n) is 6.18. The van der Waals surface area contributed by atoms with Crippen molar-refractivity contribution in [3.63, 3.8) is 0 Å². The van der Waals surface area contributed by atoms with Crippen molar-refractivity contribution in [2.45, 2.75) is 25.1 Å². The second kappa shape index (κ2) is 10.0. The van der Waals surface area contributed by atoms with E-state index in [-0.39, 0.29) is 11.7 Å². The van der Waals surface area contributed by atoms with Gasteiger partial charge in [0.2, 0.25) is 5.91 Å². The van der Waals surface area contributed by atoms with Crippen LogP contribution < -0.4 is 10.1 Å². The van der Waals surface area contributed by atoms with Crippen molar-refractivity contribution in [3.8, 4) is 5.75 Å². The molecule has 0 aliphatic rings. The molecule has 3 rings (SSSR count). The van der Waals surface area contributed by atoms with E-state index < -0.39 is 0 Å². The molecule has 0 saturated heterocycles. The number of amides is 1. The summed E-state index contributed by atoms with van der Waals surface area (Å²) in [7, 11) is 1.84. The molecule has 3 aromatic rings. The number of carbonyl (C=O) groups excluding carboxylic acids is 1. The maximum Gasteiger partial charge on any atom is 0.234 e. The highest BCUT2D eigenvalue weighted by Gasteiger charge is 2.13. The topological polar surface area (TPSA) is 69.0 Å². The Bertz CT molecular complexity index is 993. The van der Waals surface area contributed by atoms with Gasteiger partial charge in [-0.1, -0.05) is 60.1 Å². The quantitative estimate of drug-likeness (QED) is 0.489. The molecule has 1 aromatic heterocycles. The lowest BCUT2D eigenvalue weighted by Gasteiger charge is -2.08. The molecule has 1 N–H and O–H groups in total. The highest BCUT2D eigenvalue weighted by Crippen LogP contribution is 2.29. The summed E-state index contributed by atoms with van der Waals surface area (Å²) in [6.45, 7) is 2.40. The highest BCUT2D eigenvalue weighted by molar-refractivity contribution is 7.99. The number of carbonyl (C=O) groups is 1. The van der Waals surface area contributed by atoms with Crippen molar-refractivity contribution in [1.82, 2.24) is 14.8 Å². The zero-order valence-electron chi connectivity index (χ0n) is 16.0. The molecule has 0 radical (unpaired) electrons. The van der Waals surface area contributed by atoms with Crippen molar-refractivity contribution in [3.05, 3.63) is 63.9 Å². The number of thioether (sulfide) groups is 1. The summed E-state index contributed by atoms with van der Waals surface area (Å²) < 4.78 is 7.59. The molecular formula is C20H20Cl2N4O2S. The molecule has 2 aromatic carbocycles. The van der Waals surface area contributed by atoms with Gasteiger partial charge in [-0.25, -0.2) is 0 Å². The highest BCUT2D eigenvalue weighted by atomic mass is 35.5. The summed E-state index contributed by atoms with van der Waals surface area (Å²) in [5, 5.41) is 12.4. The third-order valence-electron chi connectivity index (χ3n) is 4.18. The first kappa shape index (κ1) is 21.5. The largest absolute Gasteiger partial charge is 0.486 e. The Morgan fingerprint density at radius 2 is 1.93 bits per heavy atom. The van der Waals surface area contributed by atoms with Gasteiger partial charge in [0.05, 0.1) is 21.5 Å². The zero-order chi connectivity index (χ0) is 20.8. The van der Waals surface area contributed by atoms with E-state index in [1.54, 1.807) is 18.2 Å². The first-order valence-corrected chi connectivity index (χ1v) is 10.7. The average Bonchev–Trinajstić information content (AvgIpc) is 3.08. The molecule has 0 aliphatic carbocycles. The van der Waals surface area contributed by atoms with Gasteiger partial charge in [-0.3, -0.25) is 4.79 Å². The second-order valence-corrected chi connectivity index (χ2v) is 7.91. The predicted molar refractivity (Wildman–Crippen MR) is 117 cm³/mol. The van der Waals surface area contributed by atoms with Crippen molar-refractivity contribution < 1.29 is 9.53 Å². The minimum atomic E-state index is -0.212. The Morgan fingerprint density at radius 3 is 2.66 bits per heavy atom. The third-order valence-corrected chi connectivity index (χ3v) is 6.02. The van der Waals surface area contributed by atoms with E-state index in [4.69, 9.17) is 27.9 Å². The van der Waals surface area contributed by atoms with E-state index in [1.807, 2.05) is 35.9 Å². The maximum absolute atomic E-state index is 12.2. The van der Waals surface area contributed by atoms with Crippen LogP contribution >= 0.6 is 35.0 Å². The molecule has 29 heavy (non-hydrogen) atoms. The Balaban J connectivity index is 1.53. The Hall–Kier alpha value is -2.22. The average molecular weight is 451 g/mol. The van der Waals surface area contributed by atoms with Crippen LogP contribution in [0.3, 0.4) is 0 Å². The van der Waals surface area contributed by atoms with E-state index in [2.05, 4.69) is 22.4 Å². The Morgan fingerprint density at radius 1 is 1.17 bits per heavy atom. The van der Waals surface area contributed by atoms with Gasteiger partial charge < -0.3 is 14.6 Å². The number of anilines is 1. The molecule has 9 heteroatoms. The Kier molecular flexibility index (Phi) is 7.41. The van der Waals surface area contributed by atoms with Crippen LogP contribution in [0.5, 0.6) is 5.75 Å². The number of nitrogens with zero attached hydrogens (tertiary/aromatic N) is 3. The van der Waals surface area contributed by atoms with Crippen molar-refractivity contribution in [2.75, 3.05) is 11.1 Å². The van der Waals surface area contributed by atoms with Gasteiger partial charge in [0.1, 0.15) is 12.4 Å². The summed E-state index contributed by atoms with van der Waals surface area (Å²) in [5.74, 6) is 1.40. The molecule has 0 unspecified atom stereocenters. The number of ether oxygens (including phenoxy) is 1. The molecule has 0 bridgehead atoms. The van der Waals surface area contributed by atoms with Crippen LogP contribution in [0.1, 0.15) is 18.3 Å². The summed E-state index contributed by atoms with van der Waals surface area (Å²) in [6, 6.07) is 13.0. The predicted octanol–water partition coefficient (Wildman–Crippen LogP) is 4.99. The summed E-state index contributed by atoms with van der Waals surface area (Å²) in [4.78, 5) is 12.2. The van der Waals surface area contributed by atoms with Crippen LogP contribution in [0.25, 0.3) is 0 Å². The summed E-state index contributed by atoms with van der Waals surface area (Å²) in [5.41, 5.74) is 1.73. The molecule has 1 heterocycles. The number of halogens is 2. The number of hydrogen-bond donors (Lipinski definition) is 1. The lowest BCUT2D eigenvalue weighted by atomic mass is 10.2. The van der Waals surface area contributed by atoms with Crippen molar-refractivity contribution >= 4 is 46.6 Å². The standard InChI is InChI=1S/C20H20Cl2N4O2S/c1-3-13-7-9-14(10-8-13)28-11-17-24-25-20(26(17)2)29-12-18(27)23-16-6-4-5-15(21)19(16)22/h4-10H,3,11-12H2,1-2H3,(H,23,27). The molecule has 152 valence electrons. The van der Waals surface area contributed by atoms with E-state index in [0.717, 1.165) is 12.2 Å². The third kappa shape index (κ3) is 5.65. The molecule has 0 aliphatic heterocycles. The van der Waals surface area contributed by atoms with Crippen LogP contribution in [-0.4, -0.2) is 26.4 Å². The number of rotatable bonds is 8. The minimum absolute atomic E-state index is 0.161. The van der Waals surface area contributed by atoms with E-state index >= 15 is 0 Å². The number of aryl methyl sites for hydroxylation is 1. The van der Waals surface area contributed by atoms with Gasteiger partial charge in [-0.2, -0.15) is 0 Å². The smallest absolute Gasteiger partial charge is 0.234 e. The molecular weight excluding hydrogens is 431 g/mol. The summed E-state index contributed by atoms with van der Waals surface area (Å²) in [6.07, 6.45) is 0.987. The monoisotopic (exact) mass is 450 g/mol. The van der Waals surface area contributed by atoms with Gasteiger partial charge in [0, 0.05) is 7.05 Å². The zero-order valence-corrected chi connectivity index (χ0v) is 18.3. The molecule has 0 fully saturated rings. The molecule has 0 atom stereocenters. The van der Waals surface area contributed by atoms with Crippen LogP contribution in [0.4, 0.5) is 5.69 Å². The lowest BCUT2D eigenvalue weighted by molar-refractivity contribution is -0.113. The maximum atomic E-state index is 12.2. The fraction of sp³-hybridized carbons (Fsp3) is 0.250. The van der Waals surface area contributed by atoms with Crippen molar-refractivity contribution in [1.29, 1.82) is 0 Å². The fourth-order valence-corrected chi connectivity index (χ4v) is 3.56. The lowest BCUT2D eigenvalue weighted by Crippen LogP contribution is -2.15. The van der Waals surface area contributed by atoms with Gasteiger partial charge in [-0.05, 0) is 36.2 Å². The first-order valence-electron chi connectivity index (χ1n) is 8.94. The van der Waals surface area contributed by atoms with E-state index in [0.29, 0.717) is 33.3 Å². The SMILES string of the molecule is CCc1ccc(OCc2nnc(SCC(=O)Nc3cccc(Cl)c3Cl)n2C)cc1. The van der Waals surface area contributed by atoms with E-state index in [1.165, 1.54) is 17.3 Å². The van der Waals surface area contributed by atoms with E-state index in [9.17, 15) is 4.79 Å². The van der Waals surface area contributed by atoms with Crippen LogP contribution in [0, 0.1) is 0 Å². The molecule has 0 saturated carbocycles. The fourth-order valence-electron chi connectivity index (χ4n) is 2.48. The van der Waals surface area contributed by atoms with Gasteiger partial charge in [0.25, 0.3) is 0 Å². The van der Waals surface area contributed by atoms with Gasteiger partial charge >= 0.3 is 0 Å². The first-order chi connectivity index (χ1) is 14.0. The number of hydrogen-bond acceptors (Lipinski definition) is 5. The number of nitrogens with one attached hydrogen (secondary N) is 1. The number of benzene rings is 2. The van der Waals surface area contributed by atoms with Crippen LogP contribution in [-0.2, 0) is 24.9 Å². The van der Waals surface area contributed by atoms with Crippen LogP contribution in [0.15, 0.2) is 47.6 Å². The Labute approximate surface area is 183 Å². The number of aromatic nitrogens is 3. The molecule has 0 spiro atoms. The normalized spacial score (nSPS) is 10.8. The van der Waals surface area contributed by atoms with Gasteiger partial charge in [-0.15, -0.1) is 10.2 Å². The van der Waals surface area contributed by atoms with Crippen LogP contribution in [0.2, 0.25) is 10.0 Å². The molecule has 6 nitrogen and oxygen atoms in total. The molecule has 1 amide bonds. The van der Waals surface area contributed by atoms with Gasteiger partial charge in [0.15, 0.2) is 11.0 Å². The minimum Gasteiger partial charge on any atom is -0.486 e.